The van der Waals surface area contributed by atoms with Crippen molar-refractivity contribution in [2.75, 3.05) is 0 Å². The normalized spacial score (nSPS) is 16.5. The molecule has 1 atom stereocenters. The smallest absolute Gasteiger partial charge is 0.330 e. The average molecular weight is 261 g/mol. The first kappa shape index (κ1) is 13.6. The van der Waals surface area contributed by atoms with Gasteiger partial charge in [-0.1, -0.05) is 35.7 Å². The van der Waals surface area contributed by atoms with Crippen LogP contribution in [0, 0.1) is 19.8 Å². The van der Waals surface area contributed by atoms with Crippen LogP contribution in [-0.2, 0) is 9.59 Å². The lowest BCUT2D eigenvalue weighted by atomic mass is 9.84. The van der Waals surface area contributed by atoms with Gasteiger partial charge in [-0.15, -0.1) is 0 Å². The Morgan fingerprint density at radius 3 is 2.21 bits per heavy atom. The minimum atomic E-state index is -1.02. The van der Waals surface area contributed by atoms with Crippen molar-refractivity contribution >= 4 is 11.9 Å². The molecule has 0 radical (unpaired) electrons. The van der Waals surface area contributed by atoms with E-state index >= 15 is 0 Å². The number of carboxylic acid groups (broad SMARTS) is 1. The first-order valence-electron chi connectivity index (χ1n) is 6.59. The molecule has 0 spiro atoms. The molecule has 102 valence electrons. The fourth-order valence-electron chi connectivity index (χ4n) is 2.39. The molecular weight excluding hydrogens is 242 g/mol. The maximum Gasteiger partial charge on any atom is 0.330 e. The van der Waals surface area contributed by atoms with Crippen molar-refractivity contribution in [3.8, 4) is 0 Å². The minimum Gasteiger partial charge on any atom is -0.479 e. The quantitative estimate of drug-likeness (QED) is 0.874. The van der Waals surface area contributed by atoms with E-state index in [0.717, 1.165) is 30.4 Å². The Morgan fingerprint density at radius 2 is 1.79 bits per heavy atom. The zero-order chi connectivity index (χ0) is 14.0. The molecule has 19 heavy (non-hydrogen) atoms. The van der Waals surface area contributed by atoms with Gasteiger partial charge < -0.3 is 10.4 Å². The predicted octanol–water partition coefficient (Wildman–Crippen LogP) is 2.35. The summed E-state index contributed by atoms with van der Waals surface area (Å²) in [5.74, 6) is -1.16. The summed E-state index contributed by atoms with van der Waals surface area (Å²) in [6.45, 7) is 3.84. The van der Waals surface area contributed by atoms with Crippen LogP contribution in [0.3, 0.4) is 0 Å². The highest BCUT2D eigenvalue weighted by atomic mass is 16.4. The molecule has 1 fully saturated rings. The van der Waals surface area contributed by atoms with Gasteiger partial charge in [0, 0.05) is 5.92 Å². The van der Waals surface area contributed by atoms with Crippen LogP contribution in [0.2, 0.25) is 0 Å². The summed E-state index contributed by atoms with van der Waals surface area (Å²) in [6, 6.07) is 4.65. The third-order valence-corrected chi connectivity index (χ3v) is 3.59. The highest BCUT2D eigenvalue weighted by Crippen LogP contribution is 2.27. The van der Waals surface area contributed by atoms with Crippen molar-refractivity contribution in [3.05, 3.63) is 34.9 Å². The molecule has 0 heterocycles. The van der Waals surface area contributed by atoms with Gasteiger partial charge in [0.2, 0.25) is 5.91 Å². The molecule has 1 aliphatic carbocycles. The summed E-state index contributed by atoms with van der Waals surface area (Å²) in [7, 11) is 0. The summed E-state index contributed by atoms with van der Waals surface area (Å²) in [4.78, 5) is 23.3. The van der Waals surface area contributed by atoms with Crippen LogP contribution in [0.15, 0.2) is 18.2 Å². The van der Waals surface area contributed by atoms with Crippen LogP contribution < -0.4 is 5.32 Å². The summed E-state index contributed by atoms with van der Waals surface area (Å²) in [5, 5.41) is 12.0. The second kappa shape index (κ2) is 5.43. The van der Waals surface area contributed by atoms with E-state index in [-0.39, 0.29) is 11.8 Å². The molecule has 1 amide bonds. The monoisotopic (exact) mass is 261 g/mol. The molecule has 4 nitrogen and oxygen atoms in total. The van der Waals surface area contributed by atoms with Gasteiger partial charge in [-0.25, -0.2) is 4.79 Å². The number of hydrogen-bond acceptors (Lipinski definition) is 2. The van der Waals surface area contributed by atoms with Crippen molar-refractivity contribution in [2.45, 2.75) is 39.2 Å². The van der Waals surface area contributed by atoms with Crippen molar-refractivity contribution in [1.82, 2.24) is 5.32 Å². The van der Waals surface area contributed by atoms with Crippen LogP contribution in [0.1, 0.15) is 42.0 Å². The van der Waals surface area contributed by atoms with Crippen LogP contribution in [0.5, 0.6) is 0 Å². The van der Waals surface area contributed by atoms with E-state index in [1.165, 1.54) is 0 Å². The van der Waals surface area contributed by atoms with Crippen LogP contribution >= 0.6 is 0 Å². The molecule has 0 aromatic heterocycles. The molecule has 2 rings (SSSR count). The lowest BCUT2D eigenvalue weighted by Gasteiger charge is -2.26. The third kappa shape index (κ3) is 3.13. The topological polar surface area (TPSA) is 66.4 Å². The molecule has 0 saturated heterocycles. The summed E-state index contributed by atoms with van der Waals surface area (Å²) >= 11 is 0. The van der Waals surface area contributed by atoms with Gasteiger partial charge in [-0.05, 0) is 32.3 Å². The van der Waals surface area contributed by atoms with Crippen molar-refractivity contribution in [1.29, 1.82) is 0 Å². The molecular formula is C15H19NO3. The van der Waals surface area contributed by atoms with E-state index in [0.29, 0.717) is 5.56 Å². The Labute approximate surface area is 112 Å². The number of carbonyl (C=O) groups excluding carboxylic acids is 1. The van der Waals surface area contributed by atoms with Crippen molar-refractivity contribution in [3.63, 3.8) is 0 Å². The Bertz CT molecular complexity index is 486. The van der Waals surface area contributed by atoms with Gasteiger partial charge in [0.25, 0.3) is 0 Å². The van der Waals surface area contributed by atoms with Gasteiger partial charge in [0.05, 0.1) is 0 Å². The molecule has 1 aromatic carbocycles. The Kier molecular flexibility index (Phi) is 3.88. The molecule has 1 unspecified atom stereocenters. The number of hydrogen-bond donors (Lipinski definition) is 2. The number of amides is 1. The zero-order valence-electron chi connectivity index (χ0n) is 11.3. The first-order valence-corrected chi connectivity index (χ1v) is 6.59. The van der Waals surface area contributed by atoms with Crippen LogP contribution in [0.25, 0.3) is 0 Å². The van der Waals surface area contributed by atoms with Gasteiger partial charge in [0.15, 0.2) is 6.04 Å². The van der Waals surface area contributed by atoms with E-state index in [1.807, 2.05) is 32.0 Å². The standard InChI is InChI=1S/C15H19NO3/c1-9-6-10(2)8-12(7-9)13(15(18)19)16-14(17)11-4-3-5-11/h6-8,11,13H,3-5H2,1-2H3,(H,16,17)(H,18,19). The predicted molar refractivity (Wildman–Crippen MR) is 71.8 cm³/mol. The van der Waals surface area contributed by atoms with Crippen molar-refractivity contribution < 1.29 is 14.7 Å². The number of carboxylic acids is 1. The molecule has 0 bridgehead atoms. The number of aliphatic carboxylic acids is 1. The second-order valence-electron chi connectivity index (χ2n) is 5.33. The Morgan fingerprint density at radius 1 is 1.21 bits per heavy atom. The molecule has 1 aromatic rings. The Balaban J connectivity index is 2.19. The molecule has 0 aliphatic heterocycles. The summed E-state index contributed by atoms with van der Waals surface area (Å²) in [6.07, 6.45) is 2.79. The molecule has 2 N–H and O–H groups in total. The number of benzene rings is 1. The number of aryl methyl sites for hydroxylation is 2. The van der Waals surface area contributed by atoms with Crippen molar-refractivity contribution in [2.24, 2.45) is 5.92 Å². The first-order chi connectivity index (χ1) is 8.97. The second-order valence-corrected chi connectivity index (χ2v) is 5.33. The fraction of sp³-hybridized carbons (Fsp3) is 0.467. The highest BCUT2D eigenvalue weighted by molar-refractivity contribution is 5.86. The van der Waals surface area contributed by atoms with E-state index in [1.54, 1.807) is 0 Å². The number of carbonyl (C=O) groups is 2. The van der Waals surface area contributed by atoms with E-state index in [2.05, 4.69) is 5.32 Å². The van der Waals surface area contributed by atoms with Gasteiger partial charge >= 0.3 is 5.97 Å². The largest absolute Gasteiger partial charge is 0.479 e. The fourth-order valence-corrected chi connectivity index (χ4v) is 2.39. The zero-order valence-corrected chi connectivity index (χ0v) is 11.3. The molecule has 1 saturated carbocycles. The maximum atomic E-state index is 11.9. The highest BCUT2D eigenvalue weighted by Gasteiger charge is 2.30. The van der Waals surface area contributed by atoms with Gasteiger partial charge in [-0.3, -0.25) is 4.79 Å². The third-order valence-electron chi connectivity index (χ3n) is 3.59. The Hall–Kier alpha value is -1.84. The van der Waals surface area contributed by atoms with Crippen LogP contribution in [-0.4, -0.2) is 17.0 Å². The lowest BCUT2D eigenvalue weighted by molar-refractivity contribution is -0.143. The number of rotatable bonds is 4. The van der Waals surface area contributed by atoms with Crippen LogP contribution in [0.4, 0.5) is 0 Å². The average Bonchev–Trinajstić information content (AvgIpc) is 2.21. The minimum absolute atomic E-state index is 0.00671. The lowest BCUT2D eigenvalue weighted by Crippen LogP contribution is -2.40. The molecule has 1 aliphatic rings. The van der Waals surface area contributed by atoms with E-state index < -0.39 is 12.0 Å². The molecule has 4 heteroatoms. The summed E-state index contributed by atoms with van der Waals surface area (Å²) < 4.78 is 0. The number of nitrogens with one attached hydrogen (secondary N) is 1. The summed E-state index contributed by atoms with van der Waals surface area (Å²) in [5.41, 5.74) is 2.64. The van der Waals surface area contributed by atoms with E-state index in [9.17, 15) is 14.7 Å². The SMILES string of the molecule is Cc1cc(C)cc(C(NC(=O)C2CCC2)C(=O)O)c1. The van der Waals surface area contributed by atoms with E-state index in [4.69, 9.17) is 0 Å². The van der Waals surface area contributed by atoms with Gasteiger partial charge in [-0.2, -0.15) is 0 Å². The van der Waals surface area contributed by atoms with Gasteiger partial charge in [0.1, 0.15) is 0 Å². The maximum absolute atomic E-state index is 11.9.